The van der Waals surface area contributed by atoms with Crippen LogP contribution in [0, 0.1) is 0 Å². The van der Waals surface area contributed by atoms with E-state index in [1.54, 1.807) is 0 Å². The van der Waals surface area contributed by atoms with E-state index in [-0.39, 0.29) is 6.71 Å². The van der Waals surface area contributed by atoms with Gasteiger partial charge in [-0.2, -0.15) is 0 Å². The van der Waals surface area contributed by atoms with Crippen molar-refractivity contribution in [3.63, 3.8) is 0 Å². The molecule has 0 N–H and O–H groups in total. The summed E-state index contributed by atoms with van der Waals surface area (Å²) in [5, 5.41) is 2.19. The van der Waals surface area contributed by atoms with Gasteiger partial charge in [0.15, 0.2) is 34.9 Å². The predicted molar refractivity (Wildman–Crippen MR) is 360 cm³/mol. The average Bonchev–Trinajstić information content (AvgIpc) is 0.821. The van der Waals surface area contributed by atoms with Crippen LogP contribution in [0.1, 0.15) is 0 Å². The summed E-state index contributed by atoms with van der Waals surface area (Å²) in [5.74, 6) is 3.14. The molecule has 2 aliphatic rings. The lowest BCUT2D eigenvalue weighted by Crippen LogP contribution is -2.61. The van der Waals surface area contributed by atoms with Crippen LogP contribution in [0.25, 0.3) is 107 Å². The van der Waals surface area contributed by atoms with E-state index in [1.165, 1.54) is 27.8 Å². The van der Waals surface area contributed by atoms with Crippen molar-refractivity contribution in [3.05, 3.63) is 303 Å². The standard InChI is InChI=1S/C78H50BN9/c1-7-26-51(27-8-1)73-80-74(52-28-9-2-10-29-52)83-77(82-73)60-39-25-45-68(71(60)78-84-75(53-30-11-3-12-31-53)81-76(85-78)54-32-13-4-14-33-54)88-64-42-22-19-38-59(64)61-48-55(46-47-65(61)88)56-49-69-72-70(50-56)87(58-36-17-6-18-37-58)67-44-24-21-41-63(67)79(72)62-40-20-23-43-66(62)86(69)57-34-15-5-16-35-57/h1-50H. The molecule has 0 saturated carbocycles. The van der Waals surface area contributed by atoms with Crippen LogP contribution in [0.4, 0.5) is 34.1 Å². The second-order valence-corrected chi connectivity index (χ2v) is 22.2. The Labute approximate surface area is 509 Å². The van der Waals surface area contributed by atoms with Gasteiger partial charge in [-0.15, -0.1) is 0 Å². The number of para-hydroxylation sites is 5. The quantitative estimate of drug-likeness (QED) is 0.125. The molecule has 88 heavy (non-hydrogen) atoms. The Kier molecular flexibility index (Phi) is 12.1. The van der Waals surface area contributed by atoms with Crippen molar-refractivity contribution < 1.29 is 0 Å². The lowest BCUT2D eigenvalue weighted by atomic mass is 9.33. The molecule has 0 radical (unpaired) electrons. The average molecular weight is 1120 g/mol. The van der Waals surface area contributed by atoms with E-state index in [0.717, 1.165) is 94.8 Å². The summed E-state index contributed by atoms with van der Waals surface area (Å²) in [7, 11) is 0. The highest BCUT2D eigenvalue weighted by atomic mass is 15.2. The van der Waals surface area contributed by atoms with Crippen molar-refractivity contribution in [2.75, 3.05) is 9.80 Å². The molecule has 0 bridgehead atoms. The molecule has 0 spiro atoms. The molecular formula is C78H50BN9. The molecular weight excluding hydrogens is 1070 g/mol. The molecule has 0 atom stereocenters. The van der Waals surface area contributed by atoms with E-state index < -0.39 is 0 Å². The van der Waals surface area contributed by atoms with Gasteiger partial charge >= 0.3 is 0 Å². The highest BCUT2D eigenvalue weighted by Crippen LogP contribution is 2.48. The number of benzene rings is 12. The van der Waals surface area contributed by atoms with E-state index in [1.807, 2.05) is 121 Å². The topological polar surface area (TPSA) is 88.8 Å². The van der Waals surface area contributed by atoms with Gasteiger partial charge in [-0.1, -0.05) is 231 Å². The summed E-state index contributed by atoms with van der Waals surface area (Å²) in [6.45, 7) is 0.00103. The first-order valence-electron chi connectivity index (χ1n) is 29.6. The van der Waals surface area contributed by atoms with Crippen molar-refractivity contribution in [1.82, 2.24) is 34.5 Å². The van der Waals surface area contributed by atoms with E-state index in [2.05, 4.69) is 196 Å². The van der Waals surface area contributed by atoms with Gasteiger partial charge in [-0.05, 0) is 100 Å². The number of aromatic nitrogens is 7. The highest BCUT2D eigenvalue weighted by Gasteiger charge is 2.43. The van der Waals surface area contributed by atoms with Crippen LogP contribution < -0.4 is 26.2 Å². The molecule has 0 amide bonds. The zero-order chi connectivity index (χ0) is 58.1. The third kappa shape index (κ3) is 8.49. The van der Waals surface area contributed by atoms with Crippen LogP contribution in [-0.4, -0.2) is 41.2 Å². The SMILES string of the molecule is c1ccc(-c2nc(-c3ccccc3)nc(-c3cccc(-n4c5ccccc5c5cc(-c6cc7c8c(c6)N(c6ccccc6)c6ccccc6B8c6ccccc6N7c6ccccc6)ccc54)c3-c3nc(-c4ccccc4)nc(-c4ccccc4)n3)n2)cc1. The lowest BCUT2D eigenvalue weighted by Gasteiger charge is -2.44. The lowest BCUT2D eigenvalue weighted by molar-refractivity contribution is 1.05. The van der Waals surface area contributed by atoms with Crippen LogP contribution in [0.3, 0.4) is 0 Å². The minimum atomic E-state index is 0.00103. The maximum absolute atomic E-state index is 5.46. The second kappa shape index (κ2) is 21.0. The van der Waals surface area contributed by atoms with Crippen LogP contribution in [-0.2, 0) is 0 Å². The fourth-order valence-corrected chi connectivity index (χ4v) is 13.2. The third-order valence-corrected chi connectivity index (χ3v) is 17.1. The smallest absolute Gasteiger partial charge is 0.252 e. The first kappa shape index (κ1) is 50.6. The molecule has 0 saturated heterocycles. The molecule has 0 fully saturated rings. The van der Waals surface area contributed by atoms with Crippen LogP contribution in [0.2, 0.25) is 0 Å². The van der Waals surface area contributed by atoms with E-state index in [0.29, 0.717) is 34.9 Å². The molecule has 5 heterocycles. The van der Waals surface area contributed by atoms with Gasteiger partial charge in [0.05, 0.1) is 22.3 Å². The Morgan fingerprint density at radius 3 is 1.15 bits per heavy atom. The summed E-state index contributed by atoms with van der Waals surface area (Å²) in [4.78, 5) is 36.9. The van der Waals surface area contributed by atoms with Crippen molar-refractivity contribution in [2.24, 2.45) is 0 Å². The summed E-state index contributed by atoms with van der Waals surface area (Å²) < 4.78 is 2.36. The Hall–Kier alpha value is -11.9. The molecule has 17 rings (SSSR count). The van der Waals surface area contributed by atoms with Gasteiger partial charge < -0.3 is 14.4 Å². The van der Waals surface area contributed by atoms with Gasteiger partial charge in [-0.25, -0.2) is 29.9 Å². The zero-order valence-electron chi connectivity index (χ0n) is 47.5. The monoisotopic (exact) mass is 1120 g/mol. The van der Waals surface area contributed by atoms with Crippen LogP contribution >= 0.6 is 0 Å². The van der Waals surface area contributed by atoms with Crippen molar-refractivity contribution >= 4 is 79.0 Å². The van der Waals surface area contributed by atoms with Gasteiger partial charge in [0.1, 0.15) is 0 Å². The maximum Gasteiger partial charge on any atom is 0.252 e. The van der Waals surface area contributed by atoms with Gasteiger partial charge in [-0.3, -0.25) is 0 Å². The Morgan fingerprint density at radius 1 is 0.250 bits per heavy atom. The molecule has 15 aromatic rings. The molecule has 2 aliphatic heterocycles. The molecule has 410 valence electrons. The van der Waals surface area contributed by atoms with Gasteiger partial charge in [0.2, 0.25) is 0 Å². The Morgan fingerprint density at radius 2 is 0.648 bits per heavy atom. The zero-order valence-corrected chi connectivity index (χ0v) is 47.5. The molecule has 9 nitrogen and oxygen atoms in total. The minimum absolute atomic E-state index is 0.00103. The van der Waals surface area contributed by atoms with E-state index in [4.69, 9.17) is 29.9 Å². The maximum atomic E-state index is 5.46. The number of anilines is 6. The fourth-order valence-electron chi connectivity index (χ4n) is 13.2. The summed E-state index contributed by atoms with van der Waals surface area (Å²) >= 11 is 0. The normalized spacial score (nSPS) is 12.2. The molecule has 3 aromatic heterocycles. The summed E-state index contributed by atoms with van der Waals surface area (Å²) in [6.07, 6.45) is 0. The van der Waals surface area contributed by atoms with E-state index >= 15 is 0 Å². The highest BCUT2D eigenvalue weighted by molar-refractivity contribution is 7.00. The third-order valence-electron chi connectivity index (χ3n) is 17.1. The van der Waals surface area contributed by atoms with Crippen molar-refractivity contribution in [3.8, 4) is 85.1 Å². The minimum Gasteiger partial charge on any atom is -0.311 e. The Balaban J connectivity index is 0.925. The fraction of sp³-hybridized carbons (Fsp3) is 0. The number of rotatable bonds is 10. The van der Waals surface area contributed by atoms with E-state index in [9.17, 15) is 0 Å². The van der Waals surface area contributed by atoms with Gasteiger partial charge in [0, 0.05) is 72.7 Å². The van der Waals surface area contributed by atoms with Crippen molar-refractivity contribution in [1.29, 1.82) is 0 Å². The number of hydrogen-bond acceptors (Lipinski definition) is 8. The summed E-state index contributed by atoms with van der Waals surface area (Å²) in [5.41, 5.74) is 20.7. The number of nitrogens with zero attached hydrogens (tertiary/aromatic N) is 9. The van der Waals surface area contributed by atoms with Crippen LogP contribution in [0.5, 0.6) is 0 Å². The first-order valence-corrected chi connectivity index (χ1v) is 29.6. The predicted octanol–water partition coefficient (Wildman–Crippen LogP) is 16.9. The second-order valence-electron chi connectivity index (χ2n) is 22.2. The first-order chi connectivity index (χ1) is 43.7. The largest absolute Gasteiger partial charge is 0.311 e. The number of fused-ring (bicyclic) bond motifs is 7. The Bertz CT molecular complexity index is 4930. The molecule has 0 aliphatic carbocycles. The summed E-state index contributed by atoms with van der Waals surface area (Å²) in [6, 6.07) is 107. The van der Waals surface area contributed by atoms with Gasteiger partial charge in [0.25, 0.3) is 6.71 Å². The molecule has 10 heteroatoms. The van der Waals surface area contributed by atoms with Crippen LogP contribution in [0.15, 0.2) is 303 Å². The van der Waals surface area contributed by atoms with Crippen molar-refractivity contribution in [2.45, 2.75) is 0 Å². The number of hydrogen-bond donors (Lipinski definition) is 0. The molecule has 0 unspecified atom stereocenters. The molecule has 12 aromatic carbocycles.